The normalized spacial score (nSPS) is 18.9. The Kier molecular flexibility index (Phi) is 7.47. The van der Waals surface area contributed by atoms with Crippen molar-refractivity contribution in [3.8, 4) is 11.1 Å². The number of fused-ring (bicyclic) bond motifs is 3. The molecular weight excluding hydrogens is 436 g/mol. The third-order valence-electron chi connectivity index (χ3n) is 6.63. The SMILES string of the molecule is COC1CC(C(=O)O)N(C(=O)CCCCNC(=O)OCC2c3ccccc3-c3ccccc32)C1. The predicted octanol–water partition coefficient (Wildman–Crippen LogP) is 3.40. The van der Waals surface area contributed by atoms with Gasteiger partial charge in [-0.2, -0.15) is 0 Å². The molecule has 0 aromatic heterocycles. The minimum atomic E-state index is -1.01. The number of carbonyl (C=O) groups excluding carboxylic acids is 2. The molecule has 2 N–H and O–H groups in total. The highest BCUT2D eigenvalue weighted by Crippen LogP contribution is 2.44. The molecule has 1 fully saturated rings. The van der Waals surface area contributed by atoms with Crippen molar-refractivity contribution < 1.29 is 29.0 Å². The molecule has 34 heavy (non-hydrogen) atoms. The second-order valence-electron chi connectivity index (χ2n) is 8.70. The molecule has 2 atom stereocenters. The molecule has 1 aliphatic carbocycles. The summed E-state index contributed by atoms with van der Waals surface area (Å²) in [5.74, 6) is -1.20. The quantitative estimate of drug-likeness (QED) is 0.549. The number of hydrogen-bond donors (Lipinski definition) is 2. The zero-order valence-electron chi connectivity index (χ0n) is 19.2. The average Bonchev–Trinajstić information content (AvgIpc) is 3.42. The lowest BCUT2D eigenvalue weighted by Crippen LogP contribution is -2.40. The van der Waals surface area contributed by atoms with E-state index in [1.165, 1.54) is 23.1 Å². The standard InChI is InChI=1S/C26H30N2O6/c1-33-17-14-23(25(30)31)28(15-17)24(29)12-6-7-13-27-26(32)34-16-22-20-10-4-2-8-18(20)19-9-3-5-11-21(19)22/h2-5,8-11,17,22-23H,6-7,12-16H2,1H3,(H,27,32)(H,30,31). The Morgan fingerprint density at radius 3 is 2.29 bits per heavy atom. The van der Waals surface area contributed by atoms with Gasteiger partial charge < -0.3 is 24.8 Å². The zero-order chi connectivity index (χ0) is 24.1. The van der Waals surface area contributed by atoms with Gasteiger partial charge in [-0.05, 0) is 35.1 Å². The number of benzene rings is 2. The fourth-order valence-electron chi connectivity index (χ4n) is 4.86. The van der Waals surface area contributed by atoms with Crippen molar-refractivity contribution in [2.75, 3.05) is 26.8 Å². The topological polar surface area (TPSA) is 105 Å². The Hall–Kier alpha value is -3.39. The Labute approximate surface area is 198 Å². The van der Waals surface area contributed by atoms with Gasteiger partial charge in [0.15, 0.2) is 0 Å². The van der Waals surface area contributed by atoms with E-state index in [0.717, 1.165) is 11.1 Å². The number of nitrogens with zero attached hydrogens (tertiary/aromatic N) is 1. The highest BCUT2D eigenvalue weighted by atomic mass is 16.5. The molecule has 2 aromatic rings. The van der Waals surface area contributed by atoms with Crippen LogP contribution >= 0.6 is 0 Å². The number of hydrogen-bond acceptors (Lipinski definition) is 5. The third-order valence-corrected chi connectivity index (χ3v) is 6.63. The van der Waals surface area contributed by atoms with Gasteiger partial charge in [-0.3, -0.25) is 4.79 Å². The summed E-state index contributed by atoms with van der Waals surface area (Å²) in [5, 5.41) is 12.1. The number of amides is 2. The average molecular weight is 467 g/mol. The first kappa shape index (κ1) is 23.8. The number of nitrogens with one attached hydrogen (secondary N) is 1. The molecule has 0 bridgehead atoms. The van der Waals surface area contributed by atoms with Gasteiger partial charge in [-0.1, -0.05) is 48.5 Å². The van der Waals surface area contributed by atoms with E-state index in [9.17, 15) is 19.5 Å². The fourth-order valence-corrected chi connectivity index (χ4v) is 4.86. The lowest BCUT2D eigenvalue weighted by atomic mass is 9.98. The predicted molar refractivity (Wildman–Crippen MR) is 125 cm³/mol. The van der Waals surface area contributed by atoms with Crippen LogP contribution in [0.25, 0.3) is 11.1 Å². The summed E-state index contributed by atoms with van der Waals surface area (Å²) in [4.78, 5) is 37.5. The number of ether oxygens (including phenoxy) is 2. The van der Waals surface area contributed by atoms with E-state index in [2.05, 4.69) is 29.6 Å². The number of unbranched alkanes of at least 4 members (excludes halogenated alkanes) is 1. The molecule has 0 radical (unpaired) electrons. The second kappa shape index (κ2) is 10.7. The van der Waals surface area contributed by atoms with E-state index in [-0.39, 0.29) is 31.0 Å². The number of rotatable bonds is 9. The Balaban J connectivity index is 1.19. The molecule has 0 spiro atoms. The molecule has 8 nitrogen and oxygen atoms in total. The summed E-state index contributed by atoms with van der Waals surface area (Å²) in [6.07, 6.45) is 0.938. The molecule has 0 saturated carbocycles. The minimum absolute atomic E-state index is 0.00865. The molecule has 2 unspecified atom stereocenters. The Morgan fingerprint density at radius 2 is 1.68 bits per heavy atom. The maximum atomic E-state index is 12.5. The van der Waals surface area contributed by atoms with Gasteiger partial charge in [-0.15, -0.1) is 0 Å². The molecule has 180 valence electrons. The number of likely N-dealkylation sites (tertiary alicyclic amines) is 1. The highest BCUT2D eigenvalue weighted by molar-refractivity contribution is 5.84. The van der Waals surface area contributed by atoms with Gasteiger partial charge in [0.1, 0.15) is 12.6 Å². The smallest absolute Gasteiger partial charge is 0.407 e. The van der Waals surface area contributed by atoms with Crippen molar-refractivity contribution in [2.24, 2.45) is 0 Å². The number of carbonyl (C=O) groups is 3. The number of carboxylic acids is 1. The van der Waals surface area contributed by atoms with Crippen molar-refractivity contribution in [1.29, 1.82) is 0 Å². The van der Waals surface area contributed by atoms with E-state index >= 15 is 0 Å². The molecule has 2 aliphatic rings. The van der Waals surface area contributed by atoms with Crippen LogP contribution in [0, 0.1) is 0 Å². The molecule has 4 rings (SSSR count). The third kappa shape index (κ3) is 5.07. The summed E-state index contributed by atoms with van der Waals surface area (Å²) >= 11 is 0. The number of aliphatic carboxylic acids is 1. The lowest BCUT2D eigenvalue weighted by Gasteiger charge is -2.21. The molecule has 1 aliphatic heterocycles. The van der Waals surface area contributed by atoms with Gasteiger partial charge >= 0.3 is 12.1 Å². The second-order valence-corrected chi connectivity index (χ2v) is 8.70. The summed E-state index contributed by atoms with van der Waals surface area (Å²) in [6, 6.07) is 15.5. The first-order valence-corrected chi connectivity index (χ1v) is 11.6. The van der Waals surface area contributed by atoms with Crippen LogP contribution in [0.4, 0.5) is 4.79 Å². The van der Waals surface area contributed by atoms with Crippen LogP contribution in [0.15, 0.2) is 48.5 Å². The van der Waals surface area contributed by atoms with Crippen LogP contribution < -0.4 is 5.32 Å². The summed E-state index contributed by atoms with van der Waals surface area (Å²) in [7, 11) is 1.52. The summed E-state index contributed by atoms with van der Waals surface area (Å²) < 4.78 is 10.7. The molecular formula is C26H30N2O6. The van der Waals surface area contributed by atoms with Crippen LogP contribution in [0.2, 0.25) is 0 Å². The van der Waals surface area contributed by atoms with Crippen molar-refractivity contribution in [1.82, 2.24) is 10.2 Å². The monoisotopic (exact) mass is 466 g/mol. The molecule has 1 saturated heterocycles. The van der Waals surface area contributed by atoms with E-state index < -0.39 is 18.1 Å². The van der Waals surface area contributed by atoms with E-state index in [1.54, 1.807) is 0 Å². The minimum Gasteiger partial charge on any atom is -0.480 e. The molecule has 1 heterocycles. The Bertz CT molecular complexity index is 1010. The largest absolute Gasteiger partial charge is 0.480 e. The molecule has 2 aromatic carbocycles. The zero-order valence-corrected chi connectivity index (χ0v) is 19.2. The Morgan fingerprint density at radius 1 is 1.03 bits per heavy atom. The summed E-state index contributed by atoms with van der Waals surface area (Å²) in [6.45, 7) is 0.932. The number of methoxy groups -OCH3 is 1. The van der Waals surface area contributed by atoms with Crippen LogP contribution in [-0.4, -0.2) is 66.9 Å². The van der Waals surface area contributed by atoms with Crippen LogP contribution in [0.1, 0.15) is 42.7 Å². The van der Waals surface area contributed by atoms with Crippen molar-refractivity contribution in [3.05, 3.63) is 59.7 Å². The molecule has 8 heteroatoms. The van der Waals surface area contributed by atoms with Gasteiger partial charge in [0.25, 0.3) is 0 Å². The van der Waals surface area contributed by atoms with Crippen LogP contribution in [0.5, 0.6) is 0 Å². The number of alkyl carbamates (subject to hydrolysis) is 1. The van der Waals surface area contributed by atoms with Gasteiger partial charge in [0.05, 0.1) is 6.10 Å². The van der Waals surface area contributed by atoms with E-state index in [4.69, 9.17) is 9.47 Å². The number of carboxylic acid groups (broad SMARTS) is 1. The van der Waals surface area contributed by atoms with Gasteiger partial charge in [-0.25, -0.2) is 9.59 Å². The van der Waals surface area contributed by atoms with Crippen molar-refractivity contribution in [2.45, 2.75) is 43.7 Å². The molecule has 2 amide bonds. The highest BCUT2D eigenvalue weighted by Gasteiger charge is 2.39. The summed E-state index contributed by atoms with van der Waals surface area (Å²) in [5.41, 5.74) is 4.67. The first-order valence-electron chi connectivity index (χ1n) is 11.6. The van der Waals surface area contributed by atoms with Crippen LogP contribution in [0.3, 0.4) is 0 Å². The van der Waals surface area contributed by atoms with Gasteiger partial charge in [0, 0.05) is 39.0 Å². The first-order chi connectivity index (χ1) is 16.5. The lowest BCUT2D eigenvalue weighted by molar-refractivity contribution is -0.148. The van der Waals surface area contributed by atoms with Crippen molar-refractivity contribution in [3.63, 3.8) is 0 Å². The maximum absolute atomic E-state index is 12.5. The van der Waals surface area contributed by atoms with Crippen molar-refractivity contribution >= 4 is 18.0 Å². The fraction of sp³-hybridized carbons (Fsp3) is 0.423. The maximum Gasteiger partial charge on any atom is 0.407 e. The van der Waals surface area contributed by atoms with E-state index in [1.807, 2.05) is 24.3 Å². The van der Waals surface area contributed by atoms with Crippen LogP contribution in [-0.2, 0) is 19.1 Å². The van der Waals surface area contributed by atoms with E-state index in [0.29, 0.717) is 32.4 Å². The van der Waals surface area contributed by atoms with Gasteiger partial charge in [0.2, 0.25) is 5.91 Å².